The van der Waals surface area contributed by atoms with Crippen LogP contribution in [0.15, 0.2) is 18.2 Å². The number of benzene rings is 1. The molecule has 1 unspecified atom stereocenters. The Morgan fingerprint density at radius 1 is 1.39 bits per heavy atom. The third kappa shape index (κ3) is 5.25. The van der Waals surface area contributed by atoms with Crippen LogP contribution >= 0.6 is 11.6 Å². The summed E-state index contributed by atoms with van der Waals surface area (Å²) in [5, 5.41) is 0.734. The van der Waals surface area contributed by atoms with Gasteiger partial charge in [-0.25, -0.2) is 0 Å². The van der Waals surface area contributed by atoms with Crippen molar-refractivity contribution < 1.29 is 4.74 Å². The molecule has 3 nitrogen and oxygen atoms in total. The lowest BCUT2D eigenvalue weighted by Gasteiger charge is -2.15. The van der Waals surface area contributed by atoms with Crippen LogP contribution in [0.1, 0.15) is 18.9 Å². The summed E-state index contributed by atoms with van der Waals surface area (Å²) < 4.78 is 5.80. The largest absolute Gasteiger partial charge is 0.493 e. The maximum Gasteiger partial charge on any atom is 0.124 e. The topological polar surface area (TPSA) is 38.5 Å². The van der Waals surface area contributed by atoms with E-state index < -0.39 is 0 Å². The maximum absolute atomic E-state index is 6.19. The minimum Gasteiger partial charge on any atom is -0.493 e. The van der Waals surface area contributed by atoms with Crippen molar-refractivity contribution in [2.75, 3.05) is 27.2 Å². The number of rotatable bonds is 7. The highest BCUT2D eigenvalue weighted by Crippen LogP contribution is 2.27. The molecule has 1 aromatic rings. The zero-order valence-electron chi connectivity index (χ0n) is 11.4. The van der Waals surface area contributed by atoms with Gasteiger partial charge in [0, 0.05) is 23.2 Å². The molecule has 0 heterocycles. The molecule has 0 bridgehead atoms. The van der Waals surface area contributed by atoms with E-state index in [1.54, 1.807) is 0 Å². The zero-order chi connectivity index (χ0) is 13.5. The van der Waals surface area contributed by atoms with E-state index in [-0.39, 0.29) is 6.04 Å². The molecule has 1 aromatic carbocycles. The van der Waals surface area contributed by atoms with Crippen molar-refractivity contribution in [2.24, 2.45) is 5.73 Å². The van der Waals surface area contributed by atoms with Crippen molar-refractivity contribution in [3.63, 3.8) is 0 Å². The molecule has 4 heteroatoms. The first-order valence-electron chi connectivity index (χ1n) is 6.31. The summed E-state index contributed by atoms with van der Waals surface area (Å²) in [6.07, 6.45) is 1.74. The van der Waals surface area contributed by atoms with E-state index in [0.29, 0.717) is 6.61 Å². The molecule has 0 saturated heterocycles. The third-order valence-electron chi connectivity index (χ3n) is 2.61. The van der Waals surface area contributed by atoms with Crippen molar-refractivity contribution in [3.05, 3.63) is 28.8 Å². The van der Waals surface area contributed by atoms with Gasteiger partial charge in [-0.3, -0.25) is 0 Å². The molecular weight excluding hydrogens is 248 g/mol. The molecule has 0 aliphatic heterocycles. The number of hydrogen-bond donors (Lipinski definition) is 1. The Morgan fingerprint density at radius 2 is 2.11 bits per heavy atom. The SMILES string of the molecule is CC(N)Cc1c(Cl)cccc1OCCCN(C)C. The Labute approximate surface area is 115 Å². The predicted octanol–water partition coefficient (Wildman–Crippen LogP) is 2.56. The molecule has 2 N–H and O–H groups in total. The molecule has 0 fully saturated rings. The first-order valence-corrected chi connectivity index (χ1v) is 6.69. The first kappa shape index (κ1) is 15.3. The van der Waals surface area contributed by atoms with E-state index in [4.69, 9.17) is 22.1 Å². The molecule has 102 valence electrons. The van der Waals surface area contributed by atoms with Crippen molar-refractivity contribution in [2.45, 2.75) is 25.8 Å². The second-order valence-electron chi connectivity index (χ2n) is 4.90. The van der Waals surface area contributed by atoms with Gasteiger partial charge < -0.3 is 15.4 Å². The van der Waals surface area contributed by atoms with Gasteiger partial charge in [-0.15, -0.1) is 0 Å². The third-order valence-corrected chi connectivity index (χ3v) is 2.96. The Balaban J connectivity index is 2.61. The molecule has 0 saturated carbocycles. The van der Waals surface area contributed by atoms with E-state index >= 15 is 0 Å². The van der Waals surface area contributed by atoms with E-state index in [1.165, 1.54) is 0 Å². The number of nitrogens with two attached hydrogens (primary N) is 1. The van der Waals surface area contributed by atoms with Crippen LogP contribution in [0.25, 0.3) is 0 Å². The molecule has 0 aliphatic carbocycles. The Hall–Kier alpha value is -0.770. The van der Waals surface area contributed by atoms with Gasteiger partial charge in [0.15, 0.2) is 0 Å². The number of halogens is 1. The minimum atomic E-state index is 0.0778. The monoisotopic (exact) mass is 270 g/mol. The normalized spacial score (nSPS) is 12.8. The van der Waals surface area contributed by atoms with Crippen molar-refractivity contribution in [3.8, 4) is 5.75 Å². The summed E-state index contributed by atoms with van der Waals surface area (Å²) in [5.74, 6) is 0.860. The smallest absolute Gasteiger partial charge is 0.124 e. The quantitative estimate of drug-likeness (QED) is 0.774. The van der Waals surface area contributed by atoms with E-state index in [0.717, 1.165) is 35.7 Å². The highest BCUT2D eigenvalue weighted by atomic mass is 35.5. The summed E-state index contributed by atoms with van der Waals surface area (Å²) in [4.78, 5) is 2.14. The van der Waals surface area contributed by atoms with Crippen LogP contribution in [0.4, 0.5) is 0 Å². The predicted molar refractivity (Wildman–Crippen MR) is 77.5 cm³/mol. The number of ether oxygens (including phenoxy) is 1. The highest BCUT2D eigenvalue weighted by Gasteiger charge is 2.10. The van der Waals surface area contributed by atoms with Crippen LogP contribution < -0.4 is 10.5 Å². The molecular formula is C14H23ClN2O. The molecule has 0 radical (unpaired) electrons. The van der Waals surface area contributed by atoms with E-state index in [9.17, 15) is 0 Å². The molecule has 18 heavy (non-hydrogen) atoms. The van der Waals surface area contributed by atoms with Crippen molar-refractivity contribution in [1.29, 1.82) is 0 Å². The molecule has 1 atom stereocenters. The van der Waals surface area contributed by atoms with E-state index in [2.05, 4.69) is 19.0 Å². The number of nitrogens with zero attached hydrogens (tertiary/aromatic N) is 1. The highest BCUT2D eigenvalue weighted by molar-refractivity contribution is 6.31. The second kappa shape index (κ2) is 7.62. The van der Waals surface area contributed by atoms with Gasteiger partial charge in [0.25, 0.3) is 0 Å². The van der Waals surface area contributed by atoms with Gasteiger partial charge >= 0.3 is 0 Å². The van der Waals surface area contributed by atoms with Gasteiger partial charge in [0.1, 0.15) is 5.75 Å². The average molecular weight is 271 g/mol. The van der Waals surface area contributed by atoms with Crippen LogP contribution in [0, 0.1) is 0 Å². The van der Waals surface area contributed by atoms with Crippen LogP contribution in [0.5, 0.6) is 5.75 Å². The molecule has 0 amide bonds. The summed E-state index contributed by atoms with van der Waals surface area (Å²) in [7, 11) is 4.11. The summed E-state index contributed by atoms with van der Waals surface area (Å²) in [6, 6.07) is 5.83. The summed E-state index contributed by atoms with van der Waals surface area (Å²) in [5.41, 5.74) is 6.85. The first-order chi connectivity index (χ1) is 8.50. The van der Waals surface area contributed by atoms with Gasteiger partial charge in [0.05, 0.1) is 6.61 Å². The van der Waals surface area contributed by atoms with Gasteiger partial charge in [-0.1, -0.05) is 17.7 Å². The molecule has 0 spiro atoms. The van der Waals surface area contributed by atoms with Crippen LogP contribution in [-0.2, 0) is 6.42 Å². The fraction of sp³-hybridized carbons (Fsp3) is 0.571. The van der Waals surface area contributed by atoms with Gasteiger partial charge in [-0.05, 0) is 46.0 Å². The fourth-order valence-electron chi connectivity index (χ4n) is 1.76. The Kier molecular flexibility index (Phi) is 6.47. The van der Waals surface area contributed by atoms with E-state index in [1.807, 2.05) is 25.1 Å². The minimum absolute atomic E-state index is 0.0778. The van der Waals surface area contributed by atoms with Crippen molar-refractivity contribution >= 4 is 11.6 Å². The molecule has 0 aromatic heterocycles. The summed E-state index contributed by atoms with van der Waals surface area (Å²) in [6.45, 7) is 3.69. The molecule has 1 rings (SSSR count). The summed E-state index contributed by atoms with van der Waals surface area (Å²) >= 11 is 6.19. The van der Waals surface area contributed by atoms with Crippen LogP contribution in [-0.4, -0.2) is 38.2 Å². The van der Waals surface area contributed by atoms with Crippen LogP contribution in [0.2, 0.25) is 5.02 Å². The molecule has 0 aliphatic rings. The Morgan fingerprint density at radius 3 is 2.72 bits per heavy atom. The standard InChI is InChI=1S/C14H23ClN2O/c1-11(16)10-12-13(15)6-4-7-14(12)18-9-5-8-17(2)3/h4,6-7,11H,5,8-10,16H2,1-3H3. The van der Waals surface area contributed by atoms with Gasteiger partial charge in [0.2, 0.25) is 0 Å². The lowest BCUT2D eigenvalue weighted by atomic mass is 10.1. The average Bonchev–Trinajstić information content (AvgIpc) is 2.27. The number of hydrogen-bond acceptors (Lipinski definition) is 3. The lowest BCUT2D eigenvalue weighted by molar-refractivity contribution is 0.279. The zero-order valence-corrected chi connectivity index (χ0v) is 12.2. The van der Waals surface area contributed by atoms with Crippen LogP contribution in [0.3, 0.4) is 0 Å². The second-order valence-corrected chi connectivity index (χ2v) is 5.31. The maximum atomic E-state index is 6.19. The van der Waals surface area contributed by atoms with Gasteiger partial charge in [-0.2, -0.15) is 0 Å². The fourth-order valence-corrected chi connectivity index (χ4v) is 2.00. The Bertz CT molecular complexity index is 367. The lowest BCUT2D eigenvalue weighted by Crippen LogP contribution is -2.19. The van der Waals surface area contributed by atoms with Crippen molar-refractivity contribution in [1.82, 2.24) is 4.90 Å².